The Balaban J connectivity index is 1.86. The third-order valence-electron chi connectivity index (χ3n) is 4.77. The van der Waals surface area contributed by atoms with Crippen LogP contribution in [0.2, 0.25) is 0 Å². The van der Waals surface area contributed by atoms with Gasteiger partial charge in [0.05, 0.1) is 32.3 Å². The first-order valence-electron chi connectivity index (χ1n) is 8.59. The van der Waals surface area contributed by atoms with E-state index in [9.17, 15) is 13.2 Å². The molecule has 9 heteroatoms. The fourth-order valence-corrected chi connectivity index (χ4v) is 5.05. The van der Waals surface area contributed by atoms with Crippen LogP contribution in [0.25, 0.3) is 0 Å². The summed E-state index contributed by atoms with van der Waals surface area (Å²) in [5.74, 6) is 0.646. The topological polar surface area (TPSA) is 85.4 Å². The SMILES string of the molecule is COc1ccc(S(=O)(=O)N2CCCC2C(=O)N2CCOCC2)cc1OC. The van der Waals surface area contributed by atoms with Gasteiger partial charge in [0, 0.05) is 25.7 Å². The zero-order chi connectivity index (χ0) is 18.7. The number of carbonyl (C=O) groups is 1. The van der Waals surface area contributed by atoms with Crippen molar-refractivity contribution in [2.24, 2.45) is 0 Å². The summed E-state index contributed by atoms with van der Waals surface area (Å²) in [5.41, 5.74) is 0. The first kappa shape index (κ1) is 18.9. The van der Waals surface area contributed by atoms with Gasteiger partial charge in [0.25, 0.3) is 0 Å². The van der Waals surface area contributed by atoms with Gasteiger partial charge in [-0.15, -0.1) is 0 Å². The predicted octanol–water partition coefficient (Wildman–Crippen LogP) is 0.716. The maximum absolute atomic E-state index is 13.1. The van der Waals surface area contributed by atoms with E-state index in [0.717, 1.165) is 0 Å². The van der Waals surface area contributed by atoms with E-state index >= 15 is 0 Å². The summed E-state index contributed by atoms with van der Waals surface area (Å²) < 4.78 is 43.2. The molecule has 2 aliphatic heterocycles. The molecule has 0 saturated carbocycles. The Morgan fingerprint density at radius 2 is 1.81 bits per heavy atom. The van der Waals surface area contributed by atoms with Gasteiger partial charge in [-0.05, 0) is 25.0 Å². The van der Waals surface area contributed by atoms with Gasteiger partial charge in [-0.1, -0.05) is 0 Å². The zero-order valence-corrected chi connectivity index (χ0v) is 15.8. The van der Waals surface area contributed by atoms with Gasteiger partial charge in [-0.3, -0.25) is 4.79 Å². The number of benzene rings is 1. The zero-order valence-electron chi connectivity index (χ0n) is 15.0. The minimum atomic E-state index is -3.81. The number of morpholine rings is 1. The van der Waals surface area contributed by atoms with Crippen molar-refractivity contribution in [3.8, 4) is 11.5 Å². The third kappa shape index (κ3) is 3.51. The number of nitrogens with zero attached hydrogens (tertiary/aromatic N) is 2. The Morgan fingerprint density at radius 3 is 2.46 bits per heavy atom. The van der Waals surface area contributed by atoms with Crippen molar-refractivity contribution in [3.63, 3.8) is 0 Å². The molecule has 2 heterocycles. The Kier molecular flexibility index (Phi) is 5.69. The Bertz CT molecular complexity index is 761. The molecule has 1 atom stereocenters. The normalized spacial score (nSPS) is 21.6. The second-order valence-electron chi connectivity index (χ2n) is 6.23. The average molecular weight is 384 g/mol. The summed E-state index contributed by atoms with van der Waals surface area (Å²) in [4.78, 5) is 14.6. The molecule has 1 unspecified atom stereocenters. The van der Waals surface area contributed by atoms with Gasteiger partial charge in [-0.2, -0.15) is 4.31 Å². The summed E-state index contributed by atoms with van der Waals surface area (Å²) in [6.07, 6.45) is 1.19. The number of ether oxygens (including phenoxy) is 3. The molecule has 8 nitrogen and oxygen atoms in total. The molecule has 0 aromatic heterocycles. The van der Waals surface area contributed by atoms with Gasteiger partial charge < -0.3 is 19.1 Å². The quantitative estimate of drug-likeness (QED) is 0.744. The van der Waals surface area contributed by atoms with Crippen LogP contribution in [0.1, 0.15) is 12.8 Å². The van der Waals surface area contributed by atoms with Crippen LogP contribution in [0.5, 0.6) is 11.5 Å². The first-order chi connectivity index (χ1) is 12.5. The van der Waals surface area contributed by atoms with Crippen molar-refractivity contribution in [1.82, 2.24) is 9.21 Å². The van der Waals surface area contributed by atoms with Crippen molar-refractivity contribution in [2.45, 2.75) is 23.8 Å². The average Bonchev–Trinajstić information content (AvgIpc) is 3.18. The molecule has 0 radical (unpaired) electrons. The number of hydrogen-bond donors (Lipinski definition) is 0. The smallest absolute Gasteiger partial charge is 0.243 e. The highest BCUT2D eigenvalue weighted by molar-refractivity contribution is 7.89. The summed E-state index contributed by atoms with van der Waals surface area (Å²) >= 11 is 0. The fraction of sp³-hybridized carbons (Fsp3) is 0.588. The molecule has 3 rings (SSSR count). The molecule has 1 aromatic carbocycles. The Labute approximate surface area is 153 Å². The van der Waals surface area contributed by atoms with Crippen LogP contribution in [-0.2, 0) is 19.6 Å². The molecular formula is C17H24N2O6S. The third-order valence-corrected chi connectivity index (χ3v) is 6.68. The van der Waals surface area contributed by atoms with E-state index in [0.29, 0.717) is 57.2 Å². The highest BCUT2D eigenvalue weighted by atomic mass is 32.2. The van der Waals surface area contributed by atoms with Gasteiger partial charge in [-0.25, -0.2) is 8.42 Å². The number of hydrogen-bond acceptors (Lipinski definition) is 6. The molecule has 0 bridgehead atoms. The van der Waals surface area contributed by atoms with E-state index in [-0.39, 0.29) is 10.8 Å². The summed E-state index contributed by atoms with van der Waals surface area (Å²) in [7, 11) is -0.867. The van der Waals surface area contributed by atoms with E-state index in [2.05, 4.69) is 0 Å². The van der Waals surface area contributed by atoms with Crippen LogP contribution < -0.4 is 9.47 Å². The molecule has 2 aliphatic rings. The van der Waals surface area contributed by atoms with Crippen molar-refractivity contribution in [2.75, 3.05) is 47.1 Å². The Morgan fingerprint density at radius 1 is 1.12 bits per heavy atom. The van der Waals surface area contributed by atoms with Crippen LogP contribution in [-0.4, -0.2) is 76.6 Å². The van der Waals surface area contributed by atoms with E-state index in [4.69, 9.17) is 14.2 Å². The number of amides is 1. The minimum absolute atomic E-state index is 0.0943. The lowest BCUT2D eigenvalue weighted by atomic mass is 10.2. The molecular weight excluding hydrogens is 360 g/mol. The molecule has 1 aromatic rings. The van der Waals surface area contributed by atoms with E-state index < -0.39 is 16.1 Å². The van der Waals surface area contributed by atoms with E-state index in [1.54, 1.807) is 11.0 Å². The van der Waals surface area contributed by atoms with Gasteiger partial charge in [0.1, 0.15) is 6.04 Å². The number of rotatable bonds is 5. The lowest BCUT2D eigenvalue weighted by molar-refractivity contribution is -0.138. The fourth-order valence-electron chi connectivity index (χ4n) is 3.38. The monoisotopic (exact) mass is 384 g/mol. The van der Waals surface area contributed by atoms with Crippen molar-refractivity contribution in [3.05, 3.63) is 18.2 Å². The van der Waals surface area contributed by atoms with Gasteiger partial charge in [0.15, 0.2) is 11.5 Å². The highest BCUT2D eigenvalue weighted by Gasteiger charge is 2.41. The second-order valence-corrected chi connectivity index (χ2v) is 8.12. The predicted molar refractivity (Wildman–Crippen MR) is 93.9 cm³/mol. The van der Waals surface area contributed by atoms with Gasteiger partial charge in [0.2, 0.25) is 15.9 Å². The van der Waals surface area contributed by atoms with Crippen LogP contribution in [0.15, 0.2) is 23.1 Å². The minimum Gasteiger partial charge on any atom is -0.493 e. The standard InChI is InChI=1S/C17H24N2O6S/c1-23-15-6-5-13(12-16(15)24-2)26(21,22)19-7-3-4-14(19)17(20)18-8-10-25-11-9-18/h5-6,12,14H,3-4,7-11H2,1-2H3. The first-order valence-corrected chi connectivity index (χ1v) is 10.0. The van der Waals surface area contributed by atoms with Crippen molar-refractivity contribution >= 4 is 15.9 Å². The molecule has 2 fully saturated rings. The van der Waals surface area contributed by atoms with Crippen molar-refractivity contribution < 1.29 is 27.4 Å². The number of methoxy groups -OCH3 is 2. The van der Waals surface area contributed by atoms with E-state index in [1.807, 2.05) is 0 Å². The maximum Gasteiger partial charge on any atom is 0.243 e. The molecule has 0 spiro atoms. The molecule has 144 valence electrons. The summed E-state index contributed by atoms with van der Waals surface area (Å²) in [6, 6.07) is 3.81. The highest BCUT2D eigenvalue weighted by Crippen LogP contribution is 2.33. The largest absolute Gasteiger partial charge is 0.493 e. The number of carbonyl (C=O) groups excluding carboxylic acids is 1. The number of sulfonamides is 1. The molecule has 0 N–H and O–H groups in total. The van der Waals surface area contributed by atoms with Crippen molar-refractivity contribution in [1.29, 1.82) is 0 Å². The van der Waals surface area contributed by atoms with Crippen LogP contribution in [0, 0.1) is 0 Å². The van der Waals surface area contributed by atoms with Gasteiger partial charge >= 0.3 is 0 Å². The lowest BCUT2D eigenvalue weighted by Crippen LogP contribution is -2.50. The summed E-state index contributed by atoms with van der Waals surface area (Å²) in [5, 5.41) is 0. The summed E-state index contributed by atoms with van der Waals surface area (Å²) in [6.45, 7) is 2.30. The molecule has 26 heavy (non-hydrogen) atoms. The Hall–Kier alpha value is -1.84. The maximum atomic E-state index is 13.1. The van der Waals surface area contributed by atoms with Crippen LogP contribution in [0.4, 0.5) is 0 Å². The van der Waals surface area contributed by atoms with Crippen LogP contribution >= 0.6 is 0 Å². The molecule has 1 amide bonds. The molecule has 2 saturated heterocycles. The van der Waals surface area contributed by atoms with Crippen LogP contribution in [0.3, 0.4) is 0 Å². The second kappa shape index (κ2) is 7.81. The molecule has 0 aliphatic carbocycles. The lowest BCUT2D eigenvalue weighted by Gasteiger charge is -2.32. The van der Waals surface area contributed by atoms with E-state index in [1.165, 1.54) is 30.7 Å².